The lowest BCUT2D eigenvalue weighted by Crippen LogP contribution is -2.51. The minimum Gasteiger partial charge on any atom is -0.450 e. The summed E-state index contributed by atoms with van der Waals surface area (Å²) in [6.07, 6.45) is 2.52. The highest BCUT2D eigenvalue weighted by Crippen LogP contribution is 2.18. The summed E-state index contributed by atoms with van der Waals surface area (Å²) in [6, 6.07) is 0.715. The number of likely N-dealkylation sites (N-methyl/N-ethyl adjacent to an activating group) is 1. The van der Waals surface area contributed by atoms with Gasteiger partial charge in [-0.1, -0.05) is 0 Å². The quantitative estimate of drug-likeness (QED) is 0.297. The summed E-state index contributed by atoms with van der Waals surface area (Å²) < 4.78 is 10.6. The second kappa shape index (κ2) is 13.4. The zero-order valence-corrected chi connectivity index (χ0v) is 22.0. The van der Waals surface area contributed by atoms with Crippen LogP contribution in [0.3, 0.4) is 0 Å². The molecule has 2 amide bonds. The van der Waals surface area contributed by atoms with Crippen LogP contribution in [-0.4, -0.2) is 129 Å². The highest BCUT2D eigenvalue weighted by Gasteiger charge is 2.32. The van der Waals surface area contributed by atoms with Crippen LogP contribution in [0.25, 0.3) is 0 Å². The molecule has 3 saturated heterocycles. The van der Waals surface area contributed by atoms with Crippen molar-refractivity contribution in [1.82, 2.24) is 24.9 Å². The minimum atomic E-state index is -0.237. The molecular formula is C21H39IN6O4. The molecule has 3 fully saturated rings. The van der Waals surface area contributed by atoms with Crippen LogP contribution in [0.1, 0.15) is 26.2 Å². The summed E-state index contributed by atoms with van der Waals surface area (Å²) in [5, 5.41) is 3.59. The van der Waals surface area contributed by atoms with Gasteiger partial charge < -0.3 is 29.5 Å². The number of guanidine groups is 1. The number of hydrogen-bond acceptors (Lipinski definition) is 6. The van der Waals surface area contributed by atoms with Crippen molar-refractivity contribution in [3.05, 3.63) is 0 Å². The largest absolute Gasteiger partial charge is 0.450 e. The van der Waals surface area contributed by atoms with Gasteiger partial charge in [-0.3, -0.25) is 9.69 Å². The summed E-state index contributed by atoms with van der Waals surface area (Å²) in [7, 11) is 3.50. The summed E-state index contributed by atoms with van der Waals surface area (Å²) in [4.78, 5) is 36.9. The first-order valence-electron chi connectivity index (χ1n) is 11.5. The number of carbonyl (C=O) groups is 2. The molecule has 10 nitrogen and oxygen atoms in total. The van der Waals surface area contributed by atoms with Gasteiger partial charge >= 0.3 is 6.09 Å². The number of ether oxygens (including phenoxy) is 2. The van der Waals surface area contributed by atoms with Crippen LogP contribution in [0, 0.1) is 0 Å². The number of piperidine rings is 1. The third-order valence-corrected chi connectivity index (χ3v) is 6.24. The number of amides is 2. The van der Waals surface area contributed by atoms with Gasteiger partial charge in [-0.2, -0.15) is 0 Å². The number of nitrogens with one attached hydrogen (secondary N) is 1. The summed E-state index contributed by atoms with van der Waals surface area (Å²) in [5.41, 5.74) is 0. The van der Waals surface area contributed by atoms with Crippen molar-refractivity contribution in [2.45, 2.75) is 38.3 Å². The Balaban J connectivity index is 0.00000363. The normalized spacial score (nSPS) is 23.0. The molecule has 0 aliphatic carbocycles. The average Bonchev–Trinajstić information content (AvgIpc) is 3.27. The summed E-state index contributed by atoms with van der Waals surface area (Å²) >= 11 is 0. The second-order valence-corrected chi connectivity index (χ2v) is 8.57. The topological polar surface area (TPSA) is 89.9 Å². The van der Waals surface area contributed by atoms with E-state index < -0.39 is 0 Å². The predicted octanol–water partition coefficient (Wildman–Crippen LogP) is 0.666. The van der Waals surface area contributed by atoms with Gasteiger partial charge in [-0.05, 0) is 26.2 Å². The van der Waals surface area contributed by atoms with Crippen molar-refractivity contribution < 1.29 is 19.1 Å². The first-order chi connectivity index (χ1) is 15.0. The van der Waals surface area contributed by atoms with Gasteiger partial charge in [0, 0.05) is 65.4 Å². The zero-order valence-electron chi connectivity index (χ0n) is 19.6. The van der Waals surface area contributed by atoms with Crippen molar-refractivity contribution in [3.63, 3.8) is 0 Å². The van der Waals surface area contributed by atoms with Crippen LogP contribution in [0.2, 0.25) is 0 Å². The molecule has 0 bridgehead atoms. The van der Waals surface area contributed by atoms with Crippen LogP contribution in [0.15, 0.2) is 4.99 Å². The molecule has 3 heterocycles. The number of morpholine rings is 1. The van der Waals surface area contributed by atoms with Crippen molar-refractivity contribution in [3.8, 4) is 0 Å². The van der Waals surface area contributed by atoms with Crippen LogP contribution in [-0.2, 0) is 14.3 Å². The fourth-order valence-electron chi connectivity index (χ4n) is 4.30. The van der Waals surface area contributed by atoms with Gasteiger partial charge in [0.1, 0.15) is 6.54 Å². The van der Waals surface area contributed by atoms with E-state index in [2.05, 4.69) is 20.1 Å². The van der Waals surface area contributed by atoms with E-state index in [1.165, 1.54) is 0 Å². The van der Waals surface area contributed by atoms with E-state index in [4.69, 9.17) is 9.47 Å². The molecule has 1 N–H and O–H groups in total. The van der Waals surface area contributed by atoms with E-state index in [0.717, 1.165) is 64.6 Å². The van der Waals surface area contributed by atoms with Gasteiger partial charge in [0.2, 0.25) is 5.91 Å². The molecule has 11 heteroatoms. The molecule has 3 aliphatic rings. The van der Waals surface area contributed by atoms with Gasteiger partial charge in [-0.25, -0.2) is 9.79 Å². The van der Waals surface area contributed by atoms with Crippen LogP contribution in [0.4, 0.5) is 4.79 Å². The van der Waals surface area contributed by atoms with Crippen LogP contribution >= 0.6 is 24.0 Å². The minimum absolute atomic E-state index is 0. The van der Waals surface area contributed by atoms with Gasteiger partial charge in [0.15, 0.2) is 5.96 Å². The monoisotopic (exact) mass is 566 g/mol. The Morgan fingerprint density at radius 2 is 1.72 bits per heavy atom. The van der Waals surface area contributed by atoms with Crippen molar-refractivity contribution in [2.75, 3.05) is 79.7 Å². The first-order valence-corrected chi connectivity index (χ1v) is 11.5. The number of likely N-dealkylation sites (tertiary alicyclic amines) is 2. The highest BCUT2D eigenvalue weighted by atomic mass is 127. The maximum atomic E-state index is 12.1. The molecule has 1 atom stereocenters. The molecule has 0 saturated carbocycles. The van der Waals surface area contributed by atoms with Gasteiger partial charge in [0.05, 0.1) is 19.8 Å². The summed E-state index contributed by atoms with van der Waals surface area (Å²) in [5.74, 6) is 0.793. The van der Waals surface area contributed by atoms with Crippen molar-refractivity contribution in [2.24, 2.45) is 4.99 Å². The molecule has 0 aromatic rings. The highest BCUT2D eigenvalue weighted by molar-refractivity contribution is 14.0. The lowest BCUT2D eigenvalue weighted by atomic mass is 10.1. The fourth-order valence-corrected chi connectivity index (χ4v) is 4.30. The molecule has 0 spiro atoms. The molecule has 1 unspecified atom stereocenters. The lowest BCUT2D eigenvalue weighted by Gasteiger charge is -2.35. The average molecular weight is 566 g/mol. The first kappa shape index (κ1) is 26.9. The molecule has 184 valence electrons. The van der Waals surface area contributed by atoms with Crippen LogP contribution in [0.5, 0.6) is 0 Å². The summed E-state index contributed by atoms with van der Waals surface area (Å²) in [6.45, 7) is 9.06. The molecule has 0 aromatic heterocycles. The Morgan fingerprint density at radius 1 is 1.06 bits per heavy atom. The Kier molecular flexibility index (Phi) is 11.3. The van der Waals surface area contributed by atoms with E-state index in [9.17, 15) is 9.59 Å². The van der Waals surface area contributed by atoms with E-state index in [0.29, 0.717) is 25.7 Å². The number of halogens is 1. The Hall–Kier alpha value is -1.34. The number of carbonyl (C=O) groups excluding carboxylic acids is 2. The van der Waals surface area contributed by atoms with Crippen molar-refractivity contribution in [1.29, 1.82) is 0 Å². The molecule has 3 rings (SSSR count). The van der Waals surface area contributed by atoms with E-state index >= 15 is 0 Å². The lowest BCUT2D eigenvalue weighted by molar-refractivity contribution is -0.127. The predicted molar refractivity (Wildman–Crippen MR) is 134 cm³/mol. The fraction of sp³-hybridized carbons (Fsp3) is 0.857. The molecule has 3 aliphatic heterocycles. The third-order valence-electron chi connectivity index (χ3n) is 6.24. The second-order valence-electron chi connectivity index (χ2n) is 8.57. The maximum absolute atomic E-state index is 12.1. The van der Waals surface area contributed by atoms with Gasteiger partial charge in [-0.15, -0.1) is 24.0 Å². The van der Waals surface area contributed by atoms with E-state index in [-0.39, 0.29) is 48.6 Å². The number of aliphatic imine (C=N–C) groups is 1. The maximum Gasteiger partial charge on any atom is 0.409 e. The molecular weight excluding hydrogens is 527 g/mol. The molecule has 32 heavy (non-hydrogen) atoms. The van der Waals surface area contributed by atoms with Crippen molar-refractivity contribution >= 4 is 41.9 Å². The third kappa shape index (κ3) is 7.62. The van der Waals surface area contributed by atoms with Gasteiger partial charge in [0.25, 0.3) is 0 Å². The SMILES string of the molecule is CCOC(=O)N1CCC(NC(=NCC(=O)N(C)C)N2CCC(N3CCOCC3)C2)CC1.I. The van der Waals surface area contributed by atoms with E-state index in [1.54, 1.807) is 23.9 Å². The Morgan fingerprint density at radius 3 is 2.34 bits per heavy atom. The Bertz CT molecular complexity index is 636. The van der Waals surface area contributed by atoms with Crippen LogP contribution < -0.4 is 5.32 Å². The number of nitrogens with zero attached hydrogens (tertiary/aromatic N) is 5. The smallest absolute Gasteiger partial charge is 0.409 e. The number of hydrogen-bond donors (Lipinski definition) is 1. The zero-order chi connectivity index (χ0) is 22.2. The number of rotatable bonds is 5. The molecule has 0 radical (unpaired) electrons. The van der Waals surface area contributed by atoms with E-state index in [1.807, 2.05) is 6.92 Å². The molecule has 0 aromatic carbocycles. The Labute approximate surface area is 208 Å². The standard InChI is InChI=1S/C21H38N6O4.HI/c1-4-31-21(29)26-8-5-17(6-9-26)23-20(22-15-19(28)24(2)3)27-10-7-18(16-27)25-11-13-30-14-12-25;/h17-18H,4-16H2,1-3H3,(H,22,23);1H.